The van der Waals surface area contributed by atoms with Gasteiger partial charge in [0.1, 0.15) is 0 Å². The summed E-state index contributed by atoms with van der Waals surface area (Å²) in [6.45, 7) is 5.28. The lowest BCUT2D eigenvalue weighted by atomic mass is 9.53. The van der Waals surface area contributed by atoms with E-state index in [1.54, 1.807) is 0 Å². The van der Waals surface area contributed by atoms with Crippen LogP contribution in [0.4, 0.5) is 0 Å². The summed E-state index contributed by atoms with van der Waals surface area (Å²) in [5, 5.41) is 10.9. The molecule has 0 atom stereocenters. The monoisotopic (exact) mass is 225 g/mol. The van der Waals surface area contributed by atoms with Crippen LogP contribution in [0.25, 0.3) is 0 Å². The molecule has 0 amide bonds. The first-order chi connectivity index (χ1) is 7.53. The predicted molar refractivity (Wildman–Crippen MR) is 67.1 cm³/mol. The van der Waals surface area contributed by atoms with Crippen molar-refractivity contribution >= 4 is 0 Å². The van der Waals surface area contributed by atoms with Crippen LogP contribution in [0.5, 0.6) is 0 Å². The molecule has 16 heavy (non-hydrogen) atoms. The molecule has 2 saturated carbocycles. The van der Waals surface area contributed by atoms with Crippen LogP contribution in [0.1, 0.15) is 58.8 Å². The molecule has 0 aliphatic heterocycles. The van der Waals surface area contributed by atoms with Crippen molar-refractivity contribution in [3.8, 4) is 0 Å². The highest BCUT2D eigenvalue weighted by Gasteiger charge is 2.53. The molecule has 0 aromatic heterocycles. The summed E-state index contributed by atoms with van der Waals surface area (Å²) < 4.78 is 0. The lowest BCUT2D eigenvalue weighted by Crippen LogP contribution is -2.58. The molecule has 2 fully saturated rings. The van der Waals surface area contributed by atoms with Gasteiger partial charge in [-0.3, -0.25) is 0 Å². The van der Waals surface area contributed by atoms with Crippen molar-refractivity contribution in [2.75, 3.05) is 6.54 Å². The summed E-state index contributed by atoms with van der Waals surface area (Å²) in [6, 6.07) is 0. The standard InChI is InChI=1S/C14H27NO/c1-11(2)12-4-8-14(16,9-5-12)13(10-15)6-3-7-13/h11-12,16H,3-10,15H2,1-2H3. The van der Waals surface area contributed by atoms with Crippen molar-refractivity contribution in [3.63, 3.8) is 0 Å². The molecule has 2 aliphatic carbocycles. The summed E-state index contributed by atoms with van der Waals surface area (Å²) >= 11 is 0. The molecule has 0 unspecified atom stereocenters. The zero-order chi connectivity index (χ0) is 11.8. The van der Waals surface area contributed by atoms with Crippen LogP contribution in [0.15, 0.2) is 0 Å². The van der Waals surface area contributed by atoms with E-state index in [1.807, 2.05) is 0 Å². The number of hydrogen-bond acceptors (Lipinski definition) is 2. The van der Waals surface area contributed by atoms with Crippen molar-refractivity contribution < 1.29 is 5.11 Å². The number of hydrogen-bond donors (Lipinski definition) is 2. The van der Waals surface area contributed by atoms with Gasteiger partial charge >= 0.3 is 0 Å². The van der Waals surface area contributed by atoms with E-state index in [0.29, 0.717) is 6.54 Å². The molecule has 0 aromatic carbocycles. The van der Waals surface area contributed by atoms with Crippen molar-refractivity contribution in [2.24, 2.45) is 23.0 Å². The first kappa shape index (κ1) is 12.4. The topological polar surface area (TPSA) is 46.2 Å². The molecule has 0 heterocycles. The molecule has 2 aliphatic rings. The summed E-state index contributed by atoms with van der Waals surface area (Å²) in [4.78, 5) is 0. The molecule has 0 radical (unpaired) electrons. The minimum Gasteiger partial charge on any atom is -0.389 e. The van der Waals surface area contributed by atoms with E-state index < -0.39 is 5.60 Å². The van der Waals surface area contributed by atoms with Crippen molar-refractivity contribution in [3.05, 3.63) is 0 Å². The highest BCUT2D eigenvalue weighted by atomic mass is 16.3. The first-order valence-corrected chi connectivity index (χ1v) is 6.95. The normalized spacial score (nSPS) is 38.4. The van der Waals surface area contributed by atoms with Crippen molar-refractivity contribution in [1.29, 1.82) is 0 Å². The van der Waals surface area contributed by atoms with Crippen LogP contribution in [0, 0.1) is 17.3 Å². The molecule has 2 heteroatoms. The van der Waals surface area contributed by atoms with E-state index in [2.05, 4.69) is 13.8 Å². The van der Waals surface area contributed by atoms with Gasteiger partial charge in [0.05, 0.1) is 5.60 Å². The van der Waals surface area contributed by atoms with Crippen LogP contribution in [-0.2, 0) is 0 Å². The van der Waals surface area contributed by atoms with Crippen LogP contribution in [-0.4, -0.2) is 17.3 Å². The van der Waals surface area contributed by atoms with E-state index in [9.17, 15) is 5.11 Å². The second kappa shape index (κ2) is 4.30. The van der Waals surface area contributed by atoms with Gasteiger partial charge in [-0.15, -0.1) is 0 Å². The van der Waals surface area contributed by atoms with Crippen molar-refractivity contribution in [1.82, 2.24) is 0 Å². The van der Waals surface area contributed by atoms with Crippen LogP contribution in [0.3, 0.4) is 0 Å². The second-order valence-electron chi connectivity index (χ2n) is 6.45. The summed E-state index contributed by atoms with van der Waals surface area (Å²) in [6.07, 6.45) is 7.89. The molecule has 94 valence electrons. The minimum atomic E-state index is -0.439. The summed E-state index contributed by atoms with van der Waals surface area (Å²) in [5.74, 6) is 1.58. The van der Waals surface area contributed by atoms with Gasteiger partial charge in [0.2, 0.25) is 0 Å². The van der Waals surface area contributed by atoms with Gasteiger partial charge in [-0.1, -0.05) is 20.3 Å². The minimum absolute atomic E-state index is 0.0783. The number of nitrogens with two attached hydrogens (primary N) is 1. The largest absolute Gasteiger partial charge is 0.389 e. The Morgan fingerprint density at radius 3 is 2.06 bits per heavy atom. The van der Waals surface area contributed by atoms with Gasteiger partial charge in [-0.2, -0.15) is 0 Å². The number of rotatable bonds is 3. The fourth-order valence-electron chi connectivity index (χ4n) is 3.78. The van der Waals surface area contributed by atoms with Crippen LogP contribution < -0.4 is 5.73 Å². The van der Waals surface area contributed by atoms with Gasteiger partial charge < -0.3 is 10.8 Å². The highest BCUT2D eigenvalue weighted by molar-refractivity contribution is 5.06. The summed E-state index contributed by atoms with van der Waals surface area (Å²) in [7, 11) is 0. The van der Waals surface area contributed by atoms with Gasteiger partial charge in [0.25, 0.3) is 0 Å². The van der Waals surface area contributed by atoms with E-state index in [1.165, 1.54) is 19.3 Å². The van der Waals surface area contributed by atoms with E-state index in [-0.39, 0.29) is 5.41 Å². The van der Waals surface area contributed by atoms with E-state index in [0.717, 1.165) is 37.5 Å². The third-order valence-corrected chi connectivity index (χ3v) is 5.49. The Bertz CT molecular complexity index is 232. The molecule has 0 spiro atoms. The predicted octanol–water partition coefficient (Wildman–Crippen LogP) is 2.69. The SMILES string of the molecule is CC(C)C1CCC(O)(C2(CN)CCC2)CC1. The Morgan fingerprint density at radius 2 is 1.75 bits per heavy atom. The maximum absolute atomic E-state index is 10.9. The first-order valence-electron chi connectivity index (χ1n) is 6.95. The Balaban J connectivity index is 2.00. The van der Waals surface area contributed by atoms with E-state index >= 15 is 0 Å². The van der Waals surface area contributed by atoms with Crippen molar-refractivity contribution in [2.45, 2.75) is 64.4 Å². The average Bonchev–Trinajstić information content (AvgIpc) is 2.17. The maximum atomic E-state index is 10.9. The average molecular weight is 225 g/mol. The lowest BCUT2D eigenvalue weighted by molar-refractivity contribution is -0.150. The lowest BCUT2D eigenvalue weighted by Gasteiger charge is -2.55. The third kappa shape index (κ3) is 1.80. The second-order valence-corrected chi connectivity index (χ2v) is 6.45. The Morgan fingerprint density at radius 1 is 1.19 bits per heavy atom. The third-order valence-electron chi connectivity index (χ3n) is 5.49. The van der Waals surface area contributed by atoms with Gasteiger partial charge in [0.15, 0.2) is 0 Å². The zero-order valence-corrected chi connectivity index (χ0v) is 10.8. The molecular formula is C14H27NO. The fourth-order valence-corrected chi connectivity index (χ4v) is 3.78. The molecule has 3 N–H and O–H groups in total. The molecule has 0 aromatic rings. The molecular weight excluding hydrogens is 198 g/mol. The molecule has 0 bridgehead atoms. The maximum Gasteiger partial charge on any atom is 0.0716 e. The summed E-state index contributed by atoms with van der Waals surface area (Å²) in [5.41, 5.74) is 5.56. The fraction of sp³-hybridized carbons (Fsp3) is 1.00. The quantitative estimate of drug-likeness (QED) is 0.775. The van der Waals surface area contributed by atoms with Gasteiger partial charge in [0, 0.05) is 12.0 Å². The molecule has 2 rings (SSSR count). The van der Waals surface area contributed by atoms with Gasteiger partial charge in [-0.25, -0.2) is 0 Å². The Labute approximate surface area is 99.6 Å². The smallest absolute Gasteiger partial charge is 0.0716 e. The van der Waals surface area contributed by atoms with Crippen LogP contribution >= 0.6 is 0 Å². The molecule has 0 saturated heterocycles. The Hall–Kier alpha value is -0.0800. The number of aliphatic hydroxyl groups is 1. The Kier molecular flexibility index (Phi) is 3.33. The van der Waals surface area contributed by atoms with Gasteiger partial charge in [-0.05, 0) is 50.4 Å². The van der Waals surface area contributed by atoms with Crippen LogP contribution in [0.2, 0.25) is 0 Å². The van der Waals surface area contributed by atoms with E-state index in [4.69, 9.17) is 5.73 Å². The zero-order valence-electron chi connectivity index (χ0n) is 10.8. The molecule has 2 nitrogen and oxygen atoms in total. The highest BCUT2D eigenvalue weighted by Crippen LogP contribution is 2.55.